The summed E-state index contributed by atoms with van der Waals surface area (Å²) in [4.78, 5) is 24.7. The number of aromatic nitrogens is 6. The Morgan fingerprint density at radius 1 is 1.03 bits per heavy atom. The highest BCUT2D eigenvalue weighted by atomic mass is 19.1. The Balaban J connectivity index is 1.57. The number of amides is 1. The number of anilines is 1. The summed E-state index contributed by atoms with van der Waals surface area (Å²) in [6.07, 6.45) is 6.15. The molecule has 0 aliphatic heterocycles. The number of hydrogen-bond acceptors (Lipinski definition) is 7. The van der Waals surface area contributed by atoms with E-state index in [2.05, 4.69) is 30.1 Å². The number of nitrogens with one attached hydrogen (secondary N) is 1. The molecule has 0 saturated heterocycles. The number of fused-ring (bicyclic) bond motifs is 1. The first-order chi connectivity index (χ1) is 17.0. The van der Waals surface area contributed by atoms with Gasteiger partial charge in [0.25, 0.3) is 0 Å². The van der Waals surface area contributed by atoms with Crippen LogP contribution in [0.1, 0.15) is 5.56 Å². The van der Waals surface area contributed by atoms with Crippen LogP contribution < -0.4 is 10.1 Å². The maximum Gasteiger partial charge on any atom is 0.412 e. The molecule has 0 saturated carbocycles. The van der Waals surface area contributed by atoms with Crippen molar-refractivity contribution in [1.29, 1.82) is 0 Å². The minimum absolute atomic E-state index is 0.116. The Kier molecular flexibility index (Phi) is 5.57. The van der Waals surface area contributed by atoms with Crippen LogP contribution in [-0.2, 0) is 4.74 Å². The molecule has 1 amide bonds. The molecule has 0 bridgehead atoms. The highest BCUT2D eigenvalue weighted by Crippen LogP contribution is 2.29. The summed E-state index contributed by atoms with van der Waals surface area (Å²) in [6.45, 7) is 1.96. The Bertz CT molecular complexity index is 1540. The molecule has 0 spiro atoms. The molecule has 4 aromatic heterocycles. The monoisotopic (exact) mass is 473 g/mol. The summed E-state index contributed by atoms with van der Waals surface area (Å²) in [5, 5.41) is 6.86. The number of methoxy groups -OCH3 is 2. The first-order valence-corrected chi connectivity index (χ1v) is 10.5. The number of pyridine rings is 2. The van der Waals surface area contributed by atoms with E-state index in [-0.39, 0.29) is 5.75 Å². The van der Waals surface area contributed by atoms with E-state index < -0.39 is 11.9 Å². The molecule has 0 aliphatic rings. The van der Waals surface area contributed by atoms with Crippen LogP contribution >= 0.6 is 0 Å². The summed E-state index contributed by atoms with van der Waals surface area (Å²) in [7, 11) is 2.70. The molecule has 11 heteroatoms. The lowest BCUT2D eigenvalue weighted by Crippen LogP contribution is -2.11. The molecule has 1 aromatic carbocycles. The van der Waals surface area contributed by atoms with Crippen molar-refractivity contribution in [1.82, 2.24) is 29.1 Å². The number of imidazole rings is 1. The number of nitrogens with zero attached hydrogens (tertiary/aromatic N) is 6. The zero-order valence-electron chi connectivity index (χ0n) is 19.1. The molecule has 5 aromatic rings. The van der Waals surface area contributed by atoms with Crippen LogP contribution in [0.4, 0.5) is 15.0 Å². The maximum atomic E-state index is 13.9. The second-order valence-electron chi connectivity index (χ2n) is 7.61. The fraction of sp³-hybridized carbons (Fsp3) is 0.125. The van der Waals surface area contributed by atoms with Crippen LogP contribution in [0, 0.1) is 12.7 Å². The Morgan fingerprint density at radius 3 is 2.63 bits per heavy atom. The lowest BCUT2D eigenvalue weighted by atomic mass is 10.1. The van der Waals surface area contributed by atoms with Crippen LogP contribution in [0.15, 0.2) is 61.3 Å². The molecule has 35 heavy (non-hydrogen) atoms. The van der Waals surface area contributed by atoms with E-state index >= 15 is 0 Å². The van der Waals surface area contributed by atoms with E-state index in [0.717, 1.165) is 28.0 Å². The van der Waals surface area contributed by atoms with Gasteiger partial charge >= 0.3 is 6.09 Å². The maximum absolute atomic E-state index is 13.9. The van der Waals surface area contributed by atoms with Crippen LogP contribution in [-0.4, -0.2) is 49.4 Å². The van der Waals surface area contributed by atoms with E-state index in [1.165, 1.54) is 26.6 Å². The van der Waals surface area contributed by atoms with Crippen molar-refractivity contribution in [2.45, 2.75) is 6.92 Å². The van der Waals surface area contributed by atoms with Gasteiger partial charge in [0.15, 0.2) is 17.4 Å². The zero-order chi connectivity index (χ0) is 24.5. The van der Waals surface area contributed by atoms with Crippen LogP contribution in [0.3, 0.4) is 0 Å². The summed E-state index contributed by atoms with van der Waals surface area (Å²) in [5.41, 5.74) is 4.70. The molecular formula is C24H20FN7O3. The van der Waals surface area contributed by atoms with Gasteiger partial charge in [0, 0.05) is 29.6 Å². The second-order valence-corrected chi connectivity index (χ2v) is 7.61. The molecular weight excluding hydrogens is 453 g/mol. The average molecular weight is 473 g/mol. The molecule has 1 N–H and O–H groups in total. The third kappa shape index (κ3) is 4.03. The second kappa shape index (κ2) is 8.86. The van der Waals surface area contributed by atoms with Gasteiger partial charge in [0.1, 0.15) is 17.8 Å². The molecule has 0 unspecified atom stereocenters. The Labute approximate surface area is 199 Å². The van der Waals surface area contributed by atoms with Crippen molar-refractivity contribution in [3.63, 3.8) is 0 Å². The third-order valence-electron chi connectivity index (χ3n) is 5.45. The Hall–Kier alpha value is -4.80. The van der Waals surface area contributed by atoms with Crippen molar-refractivity contribution in [2.24, 2.45) is 0 Å². The number of ether oxygens (including phenoxy) is 2. The minimum atomic E-state index is -0.594. The van der Waals surface area contributed by atoms with Crippen molar-refractivity contribution < 1.29 is 18.7 Å². The van der Waals surface area contributed by atoms with Gasteiger partial charge in [-0.3, -0.25) is 9.72 Å². The van der Waals surface area contributed by atoms with Gasteiger partial charge in [-0.05, 0) is 42.8 Å². The highest BCUT2D eigenvalue weighted by Gasteiger charge is 2.16. The Morgan fingerprint density at radius 2 is 1.89 bits per heavy atom. The average Bonchev–Trinajstić information content (AvgIpc) is 3.53. The molecule has 0 radical (unpaired) electrons. The molecule has 0 atom stereocenters. The normalized spacial score (nSPS) is 11.0. The van der Waals surface area contributed by atoms with Gasteiger partial charge in [-0.1, -0.05) is 0 Å². The van der Waals surface area contributed by atoms with Crippen LogP contribution in [0.2, 0.25) is 0 Å². The summed E-state index contributed by atoms with van der Waals surface area (Å²) in [5.74, 6) is 0.595. The number of halogens is 1. The van der Waals surface area contributed by atoms with Gasteiger partial charge < -0.3 is 9.47 Å². The van der Waals surface area contributed by atoms with Gasteiger partial charge in [-0.25, -0.2) is 28.8 Å². The van der Waals surface area contributed by atoms with Crippen molar-refractivity contribution >= 4 is 17.6 Å². The molecule has 4 heterocycles. The SMILES string of the molecule is COC(=O)Nc1ccc(-c2cnc3c(C)cc(-c4ncnn4-c4ccc(F)c(OC)c4)cn23)cn1. The number of benzene rings is 1. The summed E-state index contributed by atoms with van der Waals surface area (Å²) in [6, 6.07) is 9.98. The zero-order valence-corrected chi connectivity index (χ0v) is 19.1. The molecule has 176 valence electrons. The quantitative estimate of drug-likeness (QED) is 0.406. The number of rotatable bonds is 5. The topological polar surface area (TPSA) is 108 Å². The first kappa shape index (κ1) is 22.0. The number of aryl methyl sites for hydroxylation is 1. The first-order valence-electron chi connectivity index (χ1n) is 10.5. The molecule has 5 rings (SSSR count). The molecule has 0 aliphatic carbocycles. The predicted octanol–water partition coefficient (Wildman–Crippen LogP) is 4.28. The van der Waals surface area contributed by atoms with E-state index in [4.69, 9.17) is 4.74 Å². The minimum Gasteiger partial charge on any atom is -0.494 e. The molecule has 0 fully saturated rings. The smallest absolute Gasteiger partial charge is 0.412 e. The highest BCUT2D eigenvalue weighted by molar-refractivity contribution is 5.83. The van der Waals surface area contributed by atoms with Crippen molar-refractivity contribution in [3.8, 4) is 34.1 Å². The van der Waals surface area contributed by atoms with Gasteiger partial charge in [-0.2, -0.15) is 5.10 Å². The lowest BCUT2D eigenvalue weighted by molar-refractivity contribution is 0.187. The van der Waals surface area contributed by atoms with Crippen molar-refractivity contribution in [2.75, 3.05) is 19.5 Å². The number of carbonyl (C=O) groups is 1. The predicted molar refractivity (Wildman–Crippen MR) is 126 cm³/mol. The van der Waals surface area contributed by atoms with Crippen LogP contribution in [0.25, 0.3) is 34.0 Å². The molecule has 10 nitrogen and oxygen atoms in total. The van der Waals surface area contributed by atoms with Gasteiger partial charge in [-0.15, -0.1) is 0 Å². The largest absolute Gasteiger partial charge is 0.494 e. The van der Waals surface area contributed by atoms with E-state index in [1.54, 1.807) is 35.3 Å². The van der Waals surface area contributed by atoms with E-state index in [9.17, 15) is 9.18 Å². The van der Waals surface area contributed by atoms with E-state index in [1.807, 2.05) is 29.7 Å². The fourth-order valence-corrected chi connectivity index (χ4v) is 3.78. The van der Waals surface area contributed by atoms with Gasteiger partial charge in [0.05, 0.1) is 31.8 Å². The number of carbonyl (C=O) groups excluding carboxylic acids is 1. The van der Waals surface area contributed by atoms with E-state index in [0.29, 0.717) is 17.3 Å². The van der Waals surface area contributed by atoms with Crippen LogP contribution in [0.5, 0.6) is 5.75 Å². The lowest BCUT2D eigenvalue weighted by Gasteiger charge is -2.11. The third-order valence-corrected chi connectivity index (χ3v) is 5.45. The summed E-state index contributed by atoms with van der Waals surface area (Å²) >= 11 is 0. The number of hydrogen-bond donors (Lipinski definition) is 1. The summed E-state index contributed by atoms with van der Waals surface area (Å²) < 4.78 is 27.2. The van der Waals surface area contributed by atoms with Gasteiger partial charge in [0.2, 0.25) is 0 Å². The fourth-order valence-electron chi connectivity index (χ4n) is 3.78. The van der Waals surface area contributed by atoms with Crippen molar-refractivity contribution in [3.05, 3.63) is 72.7 Å². The standard InChI is InChI=1S/C24H20FN7O3/c1-14-8-16(23-28-13-29-32(23)17-5-6-18(25)20(9-17)34-2)12-31-19(11-27-22(14)31)15-4-7-21(26-10-15)30-24(33)35-3/h4-13H,1-3H3,(H,26,30,33).